The third kappa shape index (κ3) is 4.57. The molecule has 0 radical (unpaired) electrons. The molecule has 3 amide bonds. The van der Waals surface area contributed by atoms with E-state index < -0.39 is 12.1 Å². The Morgan fingerprint density at radius 2 is 1.91 bits per heavy atom. The molecule has 130 valence electrons. The molecule has 8 heteroatoms. The molecular formula is C15H26N4O4. The Bertz CT molecular complexity index is 449. The van der Waals surface area contributed by atoms with Crippen molar-refractivity contribution in [1.82, 2.24) is 15.1 Å². The van der Waals surface area contributed by atoms with Crippen LogP contribution in [0, 0.1) is 5.92 Å². The number of nitrogens with two attached hydrogens (primary N) is 1. The minimum Gasteiger partial charge on any atom is -0.464 e. The van der Waals surface area contributed by atoms with E-state index in [0.29, 0.717) is 45.8 Å². The maximum atomic E-state index is 12.6. The second-order valence-corrected chi connectivity index (χ2v) is 6.03. The number of esters is 1. The molecule has 3 N–H and O–H groups in total. The summed E-state index contributed by atoms with van der Waals surface area (Å²) in [6, 6.07) is -0.943. The van der Waals surface area contributed by atoms with Crippen LogP contribution in [0.25, 0.3) is 0 Å². The lowest BCUT2D eigenvalue weighted by Crippen LogP contribution is -2.57. The lowest BCUT2D eigenvalue weighted by molar-refractivity contribution is -0.156. The maximum absolute atomic E-state index is 12.6. The Kier molecular flexibility index (Phi) is 6.20. The summed E-state index contributed by atoms with van der Waals surface area (Å²) in [7, 11) is 0. The summed E-state index contributed by atoms with van der Waals surface area (Å²) in [4.78, 5) is 39.0. The van der Waals surface area contributed by atoms with E-state index in [1.807, 2.05) is 0 Å². The van der Waals surface area contributed by atoms with Crippen molar-refractivity contribution in [2.45, 2.75) is 32.2 Å². The Labute approximate surface area is 136 Å². The van der Waals surface area contributed by atoms with Crippen molar-refractivity contribution in [3.05, 3.63) is 0 Å². The number of nitrogens with zero attached hydrogens (tertiary/aromatic N) is 2. The highest BCUT2D eigenvalue weighted by Gasteiger charge is 2.34. The third-order valence-corrected chi connectivity index (χ3v) is 4.51. The smallest absolute Gasteiger partial charge is 0.330 e. The number of hydrogen-bond donors (Lipinski definition) is 2. The van der Waals surface area contributed by atoms with Crippen molar-refractivity contribution in [3.63, 3.8) is 0 Å². The molecule has 2 aliphatic rings. The number of likely N-dealkylation sites (tertiary alicyclic amines) is 1. The van der Waals surface area contributed by atoms with E-state index in [1.54, 1.807) is 16.7 Å². The van der Waals surface area contributed by atoms with Gasteiger partial charge in [0.15, 0.2) is 0 Å². The number of hydrogen-bond acceptors (Lipinski definition) is 5. The highest BCUT2D eigenvalue weighted by molar-refractivity contribution is 5.85. The number of nitrogens with one attached hydrogen (secondary N) is 1. The molecule has 0 aromatic heterocycles. The van der Waals surface area contributed by atoms with Gasteiger partial charge in [0, 0.05) is 39.1 Å². The Balaban J connectivity index is 1.88. The van der Waals surface area contributed by atoms with Crippen LogP contribution in [0.2, 0.25) is 0 Å². The summed E-state index contributed by atoms with van der Waals surface area (Å²) in [6.45, 7) is 4.89. The van der Waals surface area contributed by atoms with E-state index in [9.17, 15) is 14.4 Å². The van der Waals surface area contributed by atoms with Crippen LogP contribution < -0.4 is 11.1 Å². The van der Waals surface area contributed by atoms with Gasteiger partial charge in [-0.15, -0.1) is 0 Å². The van der Waals surface area contributed by atoms with Crippen LogP contribution >= 0.6 is 0 Å². The van der Waals surface area contributed by atoms with Crippen LogP contribution in [-0.2, 0) is 14.3 Å². The number of rotatable bonds is 4. The molecule has 0 aromatic rings. The topological polar surface area (TPSA) is 105 Å². The van der Waals surface area contributed by atoms with Gasteiger partial charge < -0.3 is 25.6 Å². The van der Waals surface area contributed by atoms with E-state index >= 15 is 0 Å². The Morgan fingerprint density at radius 1 is 1.22 bits per heavy atom. The zero-order chi connectivity index (χ0) is 16.8. The van der Waals surface area contributed by atoms with Crippen LogP contribution in [0.4, 0.5) is 4.79 Å². The molecule has 2 heterocycles. The molecule has 2 saturated heterocycles. The SMILES string of the molecule is CCOC(=O)C1CNCCN1C(=O)CC1CCN(C(N)=O)CC1. The predicted molar refractivity (Wildman–Crippen MR) is 83.5 cm³/mol. The zero-order valence-electron chi connectivity index (χ0n) is 13.6. The number of primary amides is 1. The molecule has 8 nitrogen and oxygen atoms in total. The van der Waals surface area contributed by atoms with Gasteiger partial charge in [0.05, 0.1) is 6.61 Å². The lowest BCUT2D eigenvalue weighted by Gasteiger charge is -2.36. The molecule has 0 saturated carbocycles. The van der Waals surface area contributed by atoms with Gasteiger partial charge >= 0.3 is 12.0 Å². The minimum absolute atomic E-state index is 0.0120. The van der Waals surface area contributed by atoms with Crippen molar-refractivity contribution in [2.75, 3.05) is 39.3 Å². The van der Waals surface area contributed by atoms with Gasteiger partial charge in [0.25, 0.3) is 0 Å². The first-order valence-corrected chi connectivity index (χ1v) is 8.24. The Morgan fingerprint density at radius 3 is 2.52 bits per heavy atom. The average molecular weight is 326 g/mol. The second kappa shape index (κ2) is 8.14. The van der Waals surface area contributed by atoms with Crippen molar-refractivity contribution in [2.24, 2.45) is 11.7 Å². The van der Waals surface area contributed by atoms with Crippen molar-refractivity contribution < 1.29 is 19.1 Å². The summed E-state index contributed by atoms with van der Waals surface area (Å²) < 4.78 is 5.06. The summed E-state index contributed by atoms with van der Waals surface area (Å²) in [5.41, 5.74) is 5.26. The maximum Gasteiger partial charge on any atom is 0.330 e. The van der Waals surface area contributed by atoms with Crippen LogP contribution in [0.15, 0.2) is 0 Å². The number of ether oxygens (including phenoxy) is 1. The average Bonchev–Trinajstić information content (AvgIpc) is 2.55. The van der Waals surface area contributed by atoms with E-state index in [4.69, 9.17) is 10.5 Å². The summed E-state index contributed by atoms with van der Waals surface area (Å²) >= 11 is 0. The summed E-state index contributed by atoms with van der Waals surface area (Å²) in [5, 5.41) is 3.13. The molecule has 0 spiro atoms. The number of piperazine rings is 1. The monoisotopic (exact) mass is 326 g/mol. The number of piperidine rings is 1. The van der Waals surface area contributed by atoms with Crippen LogP contribution in [-0.4, -0.2) is 73.1 Å². The van der Waals surface area contributed by atoms with E-state index in [1.165, 1.54) is 0 Å². The van der Waals surface area contributed by atoms with Gasteiger partial charge in [-0.1, -0.05) is 0 Å². The number of carbonyl (C=O) groups excluding carboxylic acids is 3. The fourth-order valence-electron chi connectivity index (χ4n) is 3.17. The summed E-state index contributed by atoms with van der Waals surface area (Å²) in [6.07, 6.45) is 1.94. The number of amides is 3. The quantitative estimate of drug-likeness (QED) is 0.680. The fraction of sp³-hybridized carbons (Fsp3) is 0.800. The normalized spacial score (nSPS) is 22.7. The molecule has 1 unspecified atom stereocenters. The summed E-state index contributed by atoms with van der Waals surface area (Å²) in [5.74, 6) is -0.130. The molecule has 2 rings (SSSR count). The highest BCUT2D eigenvalue weighted by Crippen LogP contribution is 2.22. The van der Waals surface area contributed by atoms with Crippen molar-refractivity contribution in [3.8, 4) is 0 Å². The molecule has 1 atom stereocenters. The second-order valence-electron chi connectivity index (χ2n) is 6.03. The first-order valence-electron chi connectivity index (χ1n) is 8.24. The standard InChI is InChI=1S/C15H26N4O4/c1-2-23-14(21)12-10-17-5-8-19(12)13(20)9-11-3-6-18(7-4-11)15(16)22/h11-12,17H,2-10H2,1H3,(H2,16,22). The largest absolute Gasteiger partial charge is 0.464 e. The highest BCUT2D eigenvalue weighted by atomic mass is 16.5. The third-order valence-electron chi connectivity index (χ3n) is 4.51. The van der Waals surface area contributed by atoms with Gasteiger partial charge in [0.2, 0.25) is 5.91 Å². The molecule has 2 aliphatic heterocycles. The fourth-order valence-corrected chi connectivity index (χ4v) is 3.17. The molecule has 23 heavy (non-hydrogen) atoms. The van der Waals surface area contributed by atoms with Crippen LogP contribution in [0.5, 0.6) is 0 Å². The first-order chi connectivity index (χ1) is 11.0. The van der Waals surface area contributed by atoms with Crippen LogP contribution in [0.1, 0.15) is 26.2 Å². The minimum atomic E-state index is -0.540. The number of carbonyl (C=O) groups is 3. The molecule has 0 bridgehead atoms. The van der Waals surface area contributed by atoms with Gasteiger partial charge in [-0.05, 0) is 25.7 Å². The first kappa shape index (κ1) is 17.5. The molecular weight excluding hydrogens is 300 g/mol. The van der Waals surface area contributed by atoms with Gasteiger partial charge in [-0.25, -0.2) is 9.59 Å². The predicted octanol–water partition coefficient (Wildman–Crippen LogP) is -0.469. The zero-order valence-corrected chi connectivity index (χ0v) is 13.6. The van der Waals surface area contributed by atoms with E-state index in [0.717, 1.165) is 12.8 Å². The van der Waals surface area contributed by atoms with Gasteiger partial charge in [-0.2, -0.15) is 0 Å². The molecule has 2 fully saturated rings. The lowest BCUT2D eigenvalue weighted by atomic mass is 9.92. The van der Waals surface area contributed by atoms with E-state index in [2.05, 4.69) is 5.32 Å². The van der Waals surface area contributed by atoms with Crippen molar-refractivity contribution >= 4 is 17.9 Å². The number of urea groups is 1. The molecule has 0 aliphatic carbocycles. The molecule has 0 aromatic carbocycles. The van der Waals surface area contributed by atoms with Gasteiger partial charge in [-0.3, -0.25) is 4.79 Å². The van der Waals surface area contributed by atoms with Crippen molar-refractivity contribution in [1.29, 1.82) is 0 Å². The van der Waals surface area contributed by atoms with Crippen LogP contribution in [0.3, 0.4) is 0 Å². The van der Waals surface area contributed by atoms with E-state index in [-0.39, 0.29) is 17.8 Å². The Hall–Kier alpha value is -1.83. The van der Waals surface area contributed by atoms with Gasteiger partial charge in [0.1, 0.15) is 6.04 Å².